The number of rotatable bonds is 7. The Morgan fingerprint density at radius 3 is 2.40 bits per heavy atom. The maximum Gasteiger partial charge on any atom is 0.419 e. The van der Waals surface area contributed by atoms with Gasteiger partial charge in [0, 0.05) is 25.2 Å². The van der Waals surface area contributed by atoms with Crippen molar-refractivity contribution in [3.05, 3.63) is 77.3 Å². The van der Waals surface area contributed by atoms with Crippen LogP contribution in [0.25, 0.3) is 0 Å². The first kappa shape index (κ1) is 25.2. The van der Waals surface area contributed by atoms with Crippen LogP contribution in [-0.4, -0.2) is 39.6 Å². The van der Waals surface area contributed by atoms with Gasteiger partial charge in [0.15, 0.2) is 0 Å². The minimum absolute atomic E-state index is 0.0833. The van der Waals surface area contributed by atoms with Crippen LogP contribution in [0.5, 0.6) is 17.2 Å². The summed E-state index contributed by atoms with van der Waals surface area (Å²) < 4.78 is 80.1. The van der Waals surface area contributed by atoms with E-state index in [1.54, 1.807) is 24.3 Å². The van der Waals surface area contributed by atoms with Gasteiger partial charge in [0.25, 0.3) is 10.0 Å². The van der Waals surface area contributed by atoms with Crippen molar-refractivity contribution in [2.24, 2.45) is 0 Å². The molecule has 35 heavy (non-hydrogen) atoms. The fraction of sp³-hybridized carbons (Fsp3) is 0.250. The number of alkyl halides is 3. The van der Waals surface area contributed by atoms with Gasteiger partial charge in [-0.3, -0.25) is 4.72 Å². The number of ether oxygens (including phenoxy) is 2. The molecular formula is C24H22ClF3N2O4S. The predicted octanol–water partition coefficient (Wildman–Crippen LogP) is 6.03. The molecule has 0 aromatic heterocycles. The van der Waals surface area contributed by atoms with E-state index in [4.69, 9.17) is 21.1 Å². The lowest BCUT2D eigenvalue weighted by Crippen LogP contribution is -2.23. The monoisotopic (exact) mass is 526 g/mol. The topological polar surface area (TPSA) is 67.9 Å². The summed E-state index contributed by atoms with van der Waals surface area (Å²) in [4.78, 5) is 1.69. The van der Waals surface area contributed by atoms with Crippen LogP contribution in [0.2, 0.25) is 5.02 Å². The molecule has 1 unspecified atom stereocenters. The van der Waals surface area contributed by atoms with E-state index in [0.717, 1.165) is 18.2 Å². The molecule has 0 radical (unpaired) electrons. The Bertz CT molecular complexity index is 1300. The second-order valence-corrected chi connectivity index (χ2v) is 10.2. The van der Waals surface area contributed by atoms with E-state index in [1.165, 1.54) is 18.2 Å². The van der Waals surface area contributed by atoms with Gasteiger partial charge in [0.1, 0.15) is 28.2 Å². The van der Waals surface area contributed by atoms with Gasteiger partial charge in [0.2, 0.25) is 0 Å². The zero-order valence-electron chi connectivity index (χ0n) is 18.5. The molecule has 3 aromatic carbocycles. The quantitative estimate of drug-likeness (QED) is 0.407. The smallest absolute Gasteiger partial charge is 0.419 e. The molecule has 1 atom stereocenters. The summed E-state index contributed by atoms with van der Waals surface area (Å²) >= 11 is 6.21. The lowest BCUT2D eigenvalue weighted by Gasteiger charge is -2.19. The standard InChI is InChI=1S/C24H22ClF3N2O4S/c1-30-12-11-19(15-30)34-22-13-16(7-9-20(22)24(26,27)28)29-35(31,32)23-10-8-18(14-21(23)25)33-17-5-3-2-4-6-17/h2-10,13-14,19,29H,11-12,15H2,1H3. The number of hydrogen-bond acceptors (Lipinski definition) is 5. The molecule has 1 N–H and O–H groups in total. The van der Waals surface area contributed by atoms with Crippen LogP contribution in [0, 0.1) is 0 Å². The first-order chi connectivity index (χ1) is 16.5. The predicted molar refractivity (Wildman–Crippen MR) is 127 cm³/mol. The lowest BCUT2D eigenvalue weighted by molar-refractivity contribution is -0.139. The number of benzene rings is 3. The summed E-state index contributed by atoms with van der Waals surface area (Å²) in [5.41, 5.74) is -1.06. The van der Waals surface area contributed by atoms with E-state index in [1.807, 2.05) is 18.0 Å². The number of nitrogens with zero attached hydrogens (tertiary/aromatic N) is 1. The highest BCUT2D eigenvalue weighted by molar-refractivity contribution is 7.92. The minimum atomic E-state index is -4.66. The maximum absolute atomic E-state index is 13.5. The zero-order chi connectivity index (χ0) is 25.2. The fourth-order valence-electron chi connectivity index (χ4n) is 3.69. The van der Waals surface area contributed by atoms with Gasteiger partial charge in [-0.05, 0) is 49.9 Å². The molecule has 0 spiro atoms. The van der Waals surface area contributed by atoms with E-state index in [-0.39, 0.29) is 15.6 Å². The molecule has 1 heterocycles. The Kier molecular flexibility index (Phi) is 7.16. The summed E-state index contributed by atoms with van der Waals surface area (Å²) in [6.07, 6.45) is -4.52. The number of halogens is 4. The largest absolute Gasteiger partial charge is 0.488 e. The SMILES string of the molecule is CN1CCC(Oc2cc(NS(=O)(=O)c3ccc(Oc4ccccc4)cc3Cl)ccc2C(F)(F)F)C1. The number of para-hydroxylation sites is 1. The number of sulfonamides is 1. The molecule has 1 fully saturated rings. The van der Waals surface area contributed by atoms with Crippen LogP contribution in [0.15, 0.2) is 71.6 Å². The molecule has 1 saturated heterocycles. The molecule has 0 saturated carbocycles. The van der Waals surface area contributed by atoms with Crippen molar-refractivity contribution in [3.63, 3.8) is 0 Å². The van der Waals surface area contributed by atoms with Gasteiger partial charge in [-0.2, -0.15) is 13.2 Å². The van der Waals surface area contributed by atoms with Crippen molar-refractivity contribution in [2.75, 3.05) is 24.9 Å². The summed E-state index contributed by atoms with van der Waals surface area (Å²) in [5, 5.41) is -0.108. The Labute approximate surface area is 206 Å². The summed E-state index contributed by atoms with van der Waals surface area (Å²) in [5.74, 6) is 0.436. The number of likely N-dealkylation sites (tertiary alicyclic amines) is 1. The van der Waals surface area contributed by atoms with Crippen LogP contribution in [0.4, 0.5) is 18.9 Å². The highest BCUT2D eigenvalue weighted by Gasteiger charge is 2.36. The van der Waals surface area contributed by atoms with Gasteiger partial charge in [0.05, 0.1) is 16.3 Å². The van der Waals surface area contributed by atoms with Crippen LogP contribution >= 0.6 is 11.6 Å². The number of likely N-dealkylation sites (N-methyl/N-ethyl adjacent to an activating group) is 1. The van der Waals surface area contributed by atoms with Crippen molar-refractivity contribution >= 4 is 27.3 Å². The van der Waals surface area contributed by atoms with Gasteiger partial charge in [-0.15, -0.1) is 0 Å². The van der Waals surface area contributed by atoms with Crippen molar-refractivity contribution in [3.8, 4) is 17.2 Å². The van der Waals surface area contributed by atoms with Crippen molar-refractivity contribution in [1.82, 2.24) is 4.90 Å². The summed E-state index contributed by atoms with van der Waals surface area (Å²) in [6, 6.07) is 15.8. The third kappa shape index (κ3) is 6.19. The fourth-order valence-corrected chi connectivity index (χ4v) is 5.27. The van der Waals surface area contributed by atoms with Crippen molar-refractivity contribution in [2.45, 2.75) is 23.6 Å². The lowest BCUT2D eigenvalue weighted by atomic mass is 10.1. The summed E-state index contributed by atoms with van der Waals surface area (Å²) in [7, 11) is -2.37. The molecule has 186 valence electrons. The van der Waals surface area contributed by atoms with Crippen LogP contribution in [0.1, 0.15) is 12.0 Å². The molecule has 6 nitrogen and oxygen atoms in total. The Balaban J connectivity index is 1.57. The molecule has 11 heteroatoms. The molecular weight excluding hydrogens is 505 g/mol. The second kappa shape index (κ2) is 9.96. The average Bonchev–Trinajstić information content (AvgIpc) is 3.18. The van der Waals surface area contributed by atoms with Crippen LogP contribution < -0.4 is 14.2 Å². The Morgan fingerprint density at radius 1 is 1.03 bits per heavy atom. The van der Waals surface area contributed by atoms with E-state index in [0.29, 0.717) is 31.0 Å². The number of nitrogens with one attached hydrogen (secondary N) is 1. The second-order valence-electron chi connectivity index (χ2n) is 8.11. The van der Waals surface area contributed by atoms with Crippen LogP contribution in [0.3, 0.4) is 0 Å². The van der Waals surface area contributed by atoms with Crippen molar-refractivity contribution in [1.29, 1.82) is 0 Å². The summed E-state index contributed by atoms with van der Waals surface area (Å²) in [6.45, 7) is 1.17. The van der Waals surface area contributed by atoms with E-state index in [2.05, 4.69) is 4.72 Å². The molecule has 0 aliphatic carbocycles. The Hall–Kier alpha value is -2.95. The third-order valence-corrected chi connectivity index (χ3v) is 7.22. The highest BCUT2D eigenvalue weighted by Crippen LogP contribution is 2.39. The molecule has 1 aliphatic heterocycles. The Morgan fingerprint density at radius 2 is 1.77 bits per heavy atom. The molecule has 0 bridgehead atoms. The van der Waals surface area contributed by atoms with Crippen molar-refractivity contribution < 1.29 is 31.1 Å². The highest BCUT2D eigenvalue weighted by atomic mass is 35.5. The van der Waals surface area contributed by atoms with E-state index in [9.17, 15) is 21.6 Å². The average molecular weight is 527 g/mol. The molecule has 3 aromatic rings. The van der Waals surface area contributed by atoms with Crippen LogP contribution in [-0.2, 0) is 16.2 Å². The molecule has 1 aliphatic rings. The zero-order valence-corrected chi connectivity index (χ0v) is 20.1. The van der Waals surface area contributed by atoms with E-state index < -0.39 is 33.6 Å². The van der Waals surface area contributed by atoms with Gasteiger partial charge in [-0.25, -0.2) is 8.42 Å². The first-order valence-electron chi connectivity index (χ1n) is 10.6. The maximum atomic E-state index is 13.5. The first-order valence-corrected chi connectivity index (χ1v) is 12.5. The van der Waals surface area contributed by atoms with Gasteiger partial charge in [-0.1, -0.05) is 29.8 Å². The number of hydrogen-bond donors (Lipinski definition) is 1. The van der Waals surface area contributed by atoms with E-state index >= 15 is 0 Å². The normalized spacial score (nSPS) is 16.8. The van der Waals surface area contributed by atoms with Gasteiger partial charge < -0.3 is 14.4 Å². The van der Waals surface area contributed by atoms with Gasteiger partial charge >= 0.3 is 6.18 Å². The third-order valence-electron chi connectivity index (χ3n) is 5.35. The molecule has 4 rings (SSSR count). The molecule has 0 amide bonds. The number of anilines is 1. The minimum Gasteiger partial charge on any atom is -0.488 e.